The Kier molecular flexibility index (Phi) is 10.5. The molecule has 4 rings (SSSR count). The van der Waals surface area contributed by atoms with Gasteiger partial charge in [0.05, 0.1) is 42.3 Å². The molecule has 1 aromatic heterocycles. The molecule has 0 aliphatic carbocycles. The molecule has 3 atom stereocenters. The molecule has 14 nitrogen and oxygen atoms in total. The van der Waals surface area contributed by atoms with Gasteiger partial charge in [0.1, 0.15) is 6.23 Å². The molecule has 2 heterocycles. The van der Waals surface area contributed by atoms with Gasteiger partial charge in [0.25, 0.3) is 31.7 Å². The topological polar surface area (TPSA) is 208 Å². The van der Waals surface area contributed by atoms with Crippen molar-refractivity contribution in [2.45, 2.75) is 44.3 Å². The SMILES string of the molecule is Cc1cn(C2OC(CCS(=O)(=O)O)(CCS(=O)(=O)O)[C@@H](OCc3ccc(Cl)cc3)[C@H]2CO)c(=O)n(C(=O)c2ccccc2)c1=O. The van der Waals surface area contributed by atoms with E-state index in [0.29, 0.717) is 15.2 Å². The van der Waals surface area contributed by atoms with E-state index in [1.165, 1.54) is 31.2 Å². The van der Waals surface area contributed by atoms with Gasteiger partial charge in [-0.15, -0.1) is 0 Å². The first kappa shape index (κ1) is 34.6. The summed E-state index contributed by atoms with van der Waals surface area (Å²) in [5.41, 5.74) is -3.46. The van der Waals surface area contributed by atoms with Crippen LogP contribution in [-0.2, 0) is 36.3 Å². The summed E-state index contributed by atoms with van der Waals surface area (Å²) in [5.74, 6) is -4.04. The lowest BCUT2D eigenvalue weighted by Gasteiger charge is -2.35. The van der Waals surface area contributed by atoms with Crippen LogP contribution in [0.25, 0.3) is 0 Å². The number of aryl methyl sites for hydroxylation is 1. The molecule has 3 N–H and O–H groups in total. The van der Waals surface area contributed by atoms with Gasteiger partial charge < -0.3 is 14.6 Å². The van der Waals surface area contributed by atoms with Crippen LogP contribution in [0, 0.1) is 12.8 Å². The molecule has 0 radical (unpaired) electrons. The molecule has 0 saturated carbocycles. The zero-order valence-corrected chi connectivity index (χ0v) is 26.2. The molecule has 1 saturated heterocycles. The van der Waals surface area contributed by atoms with Crippen LogP contribution in [0.3, 0.4) is 0 Å². The van der Waals surface area contributed by atoms with Crippen LogP contribution in [0.2, 0.25) is 5.02 Å². The number of benzene rings is 2. The summed E-state index contributed by atoms with van der Waals surface area (Å²) in [4.78, 5) is 40.1. The van der Waals surface area contributed by atoms with Gasteiger partial charge in [0, 0.05) is 22.3 Å². The van der Waals surface area contributed by atoms with Gasteiger partial charge in [-0.2, -0.15) is 21.4 Å². The molecule has 3 aromatic rings. The first-order valence-corrected chi connectivity index (χ1v) is 17.1. The average Bonchev–Trinajstić information content (AvgIpc) is 3.29. The minimum absolute atomic E-state index is 0.0275. The van der Waals surface area contributed by atoms with E-state index in [-0.39, 0.29) is 17.7 Å². The smallest absolute Gasteiger partial charge is 0.340 e. The van der Waals surface area contributed by atoms with Crippen molar-refractivity contribution in [2.75, 3.05) is 18.1 Å². The number of carbonyl (C=O) groups is 1. The second kappa shape index (κ2) is 13.6. The predicted octanol–water partition coefficient (Wildman–Crippen LogP) is 1.68. The van der Waals surface area contributed by atoms with Gasteiger partial charge in [-0.05, 0) is 49.6 Å². The zero-order valence-electron chi connectivity index (χ0n) is 23.9. The minimum atomic E-state index is -4.66. The number of ether oxygens (including phenoxy) is 2. The fourth-order valence-electron chi connectivity index (χ4n) is 5.33. The molecule has 244 valence electrons. The third kappa shape index (κ3) is 8.14. The zero-order chi connectivity index (χ0) is 33.2. The van der Waals surface area contributed by atoms with Crippen molar-refractivity contribution in [3.63, 3.8) is 0 Å². The summed E-state index contributed by atoms with van der Waals surface area (Å²) in [7, 11) is -9.32. The Bertz CT molecular complexity index is 1840. The lowest BCUT2D eigenvalue weighted by Crippen LogP contribution is -2.47. The van der Waals surface area contributed by atoms with Gasteiger partial charge in [-0.3, -0.25) is 23.3 Å². The number of aliphatic hydroxyl groups excluding tert-OH is 1. The van der Waals surface area contributed by atoms with E-state index in [4.69, 9.17) is 21.1 Å². The molecular formula is C28H31ClN2O12S2. The van der Waals surface area contributed by atoms with Crippen LogP contribution in [0.15, 0.2) is 70.4 Å². The molecule has 45 heavy (non-hydrogen) atoms. The highest BCUT2D eigenvalue weighted by Crippen LogP contribution is 2.47. The Balaban J connectivity index is 1.87. The summed E-state index contributed by atoms with van der Waals surface area (Å²) in [5, 5.41) is 11.0. The molecular weight excluding hydrogens is 656 g/mol. The van der Waals surface area contributed by atoms with Crippen LogP contribution < -0.4 is 11.2 Å². The van der Waals surface area contributed by atoms with Crippen molar-refractivity contribution in [3.05, 3.63) is 103 Å². The van der Waals surface area contributed by atoms with Crippen molar-refractivity contribution >= 4 is 37.7 Å². The van der Waals surface area contributed by atoms with Gasteiger partial charge >= 0.3 is 5.69 Å². The molecule has 17 heteroatoms. The van der Waals surface area contributed by atoms with Crippen molar-refractivity contribution in [1.82, 2.24) is 9.13 Å². The standard InChI is InChI=1S/C28H31ClN2O12S2/c1-18-15-30(27(35)31(24(18)33)25(34)20-5-3-2-4-6-20)26-22(16-32)23(42-17-19-7-9-21(29)10-8-19)28(43-26,11-13-44(36,37)38)12-14-45(39,40)41/h2-10,15,22-23,26,32H,11-14,16-17H2,1H3,(H,36,37,38)(H,39,40,41)/t22-,23+,26?/m1/s1. The number of rotatable bonds is 12. The fraction of sp³-hybridized carbons (Fsp3) is 0.393. The van der Waals surface area contributed by atoms with Crippen molar-refractivity contribution in [1.29, 1.82) is 0 Å². The number of nitrogens with zero attached hydrogens (tertiary/aromatic N) is 2. The van der Waals surface area contributed by atoms with E-state index in [9.17, 15) is 45.4 Å². The van der Waals surface area contributed by atoms with E-state index in [1.54, 1.807) is 30.3 Å². The highest BCUT2D eigenvalue weighted by molar-refractivity contribution is 7.86. The summed E-state index contributed by atoms with van der Waals surface area (Å²) >= 11 is 5.96. The first-order valence-electron chi connectivity index (χ1n) is 13.5. The number of carbonyl (C=O) groups excluding carboxylic acids is 1. The van der Waals surface area contributed by atoms with Crippen molar-refractivity contribution in [2.24, 2.45) is 5.92 Å². The minimum Gasteiger partial charge on any atom is -0.396 e. The summed E-state index contributed by atoms with van der Waals surface area (Å²) in [6.45, 7) is 0.412. The van der Waals surface area contributed by atoms with E-state index in [0.717, 1.165) is 10.8 Å². The highest BCUT2D eigenvalue weighted by atomic mass is 35.5. The number of hydrogen-bond acceptors (Lipinski definition) is 10. The van der Waals surface area contributed by atoms with Crippen molar-refractivity contribution < 1.29 is 45.3 Å². The Morgan fingerprint density at radius 3 is 2.09 bits per heavy atom. The number of halogens is 1. The van der Waals surface area contributed by atoms with Gasteiger partial charge in [0.15, 0.2) is 0 Å². The summed E-state index contributed by atoms with van der Waals surface area (Å²) in [6.07, 6.45) is -2.95. The van der Waals surface area contributed by atoms with Crippen LogP contribution in [0.5, 0.6) is 0 Å². The molecule has 2 aromatic carbocycles. The highest BCUT2D eigenvalue weighted by Gasteiger charge is 2.57. The van der Waals surface area contributed by atoms with E-state index < -0.39 is 92.2 Å². The van der Waals surface area contributed by atoms with E-state index in [2.05, 4.69) is 0 Å². The van der Waals surface area contributed by atoms with Crippen LogP contribution in [-0.4, -0.2) is 75.9 Å². The number of aliphatic hydroxyl groups is 1. The fourth-order valence-corrected chi connectivity index (χ4v) is 6.66. The Morgan fingerprint density at radius 2 is 1.56 bits per heavy atom. The second-order valence-corrected chi connectivity index (χ2v) is 14.2. The molecule has 1 unspecified atom stereocenters. The van der Waals surface area contributed by atoms with Crippen molar-refractivity contribution in [3.8, 4) is 0 Å². The third-order valence-electron chi connectivity index (χ3n) is 7.53. The molecule has 1 aliphatic heterocycles. The van der Waals surface area contributed by atoms with Crippen LogP contribution in [0.1, 0.15) is 40.6 Å². The van der Waals surface area contributed by atoms with Gasteiger partial charge in [-0.25, -0.2) is 4.79 Å². The Labute approximate surface area is 263 Å². The quantitative estimate of drug-likeness (QED) is 0.233. The Hall–Kier alpha value is -3.22. The van der Waals surface area contributed by atoms with E-state index >= 15 is 0 Å². The Morgan fingerprint density at radius 1 is 0.978 bits per heavy atom. The first-order chi connectivity index (χ1) is 21.0. The summed E-state index contributed by atoms with van der Waals surface area (Å²) in [6, 6.07) is 13.9. The molecule has 1 aliphatic rings. The van der Waals surface area contributed by atoms with E-state index in [1.807, 2.05) is 0 Å². The monoisotopic (exact) mass is 686 g/mol. The molecule has 0 bridgehead atoms. The molecule has 0 amide bonds. The van der Waals surface area contributed by atoms with Gasteiger partial charge in [0.2, 0.25) is 0 Å². The maximum atomic E-state index is 13.8. The maximum Gasteiger partial charge on any atom is 0.340 e. The van der Waals surface area contributed by atoms with Gasteiger partial charge in [-0.1, -0.05) is 41.9 Å². The molecule has 0 spiro atoms. The molecule has 1 fully saturated rings. The lowest BCUT2D eigenvalue weighted by molar-refractivity contribution is -0.125. The average molecular weight is 687 g/mol. The number of aromatic nitrogens is 2. The normalized spacial score (nSPS) is 19.9. The van der Waals surface area contributed by atoms with Crippen LogP contribution in [0.4, 0.5) is 0 Å². The third-order valence-corrected chi connectivity index (χ3v) is 9.22. The predicted molar refractivity (Wildman–Crippen MR) is 161 cm³/mol. The largest absolute Gasteiger partial charge is 0.396 e. The maximum absolute atomic E-state index is 13.8. The van der Waals surface area contributed by atoms with Crippen LogP contribution >= 0.6 is 11.6 Å². The second-order valence-electron chi connectivity index (χ2n) is 10.7. The number of hydrogen-bond donors (Lipinski definition) is 3. The lowest BCUT2D eigenvalue weighted by atomic mass is 9.85. The summed E-state index contributed by atoms with van der Waals surface area (Å²) < 4.78 is 80.2.